The number of aryl methyl sites for hydroxylation is 1. The number of hydrogen-bond donors (Lipinski definition) is 2. The van der Waals surface area contributed by atoms with Crippen molar-refractivity contribution < 1.29 is 23.9 Å². The van der Waals surface area contributed by atoms with Crippen LogP contribution in [-0.2, 0) is 0 Å². The van der Waals surface area contributed by atoms with Gasteiger partial charge in [-0.3, -0.25) is 4.79 Å². The average molecular weight is 306 g/mol. The number of aromatic nitrogens is 1. The molecule has 7 nitrogen and oxygen atoms in total. The highest BCUT2D eigenvalue weighted by atomic mass is 16.5. The minimum Gasteiger partial charge on any atom is -0.497 e. The van der Waals surface area contributed by atoms with Gasteiger partial charge in [-0.2, -0.15) is 0 Å². The summed E-state index contributed by atoms with van der Waals surface area (Å²) in [6.45, 7) is 1.81. The van der Waals surface area contributed by atoms with Crippen LogP contribution < -0.4 is 14.8 Å². The Balaban J connectivity index is 1.73. The molecule has 2 rings (SSSR count). The van der Waals surface area contributed by atoms with E-state index in [4.69, 9.17) is 14.0 Å². The summed E-state index contributed by atoms with van der Waals surface area (Å²) in [5.74, 6) is 1.48. The third-order valence-corrected chi connectivity index (χ3v) is 2.86. The lowest BCUT2D eigenvalue weighted by molar-refractivity contribution is 0.0836. The average Bonchev–Trinajstić information content (AvgIpc) is 2.97. The van der Waals surface area contributed by atoms with Crippen LogP contribution in [-0.4, -0.2) is 42.5 Å². The molecule has 0 radical (unpaired) electrons. The summed E-state index contributed by atoms with van der Waals surface area (Å²) < 4.78 is 15.3. The van der Waals surface area contributed by atoms with Crippen LogP contribution in [0.1, 0.15) is 16.2 Å². The van der Waals surface area contributed by atoms with E-state index in [2.05, 4.69) is 10.5 Å². The fourth-order valence-electron chi connectivity index (χ4n) is 1.70. The van der Waals surface area contributed by atoms with Gasteiger partial charge >= 0.3 is 0 Å². The fraction of sp³-hybridized carbons (Fsp3) is 0.333. The highest BCUT2D eigenvalue weighted by Gasteiger charge is 2.13. The summed E-state index contributed by atoms with van der Waals surface area (Å²) in [6.07, 6.45) is -0.834. The number of amides is 1. The van der Waals surface area contributed by atoms with Crippen molar-refractivity contribution in [2.75, 3.05) is 20.3 Å². The van der Waals surface area contributed by atoms with Gasteiger partial charge in [-0.1, -0.05) is 5.16 Å². The van der Waals surface area contributed by atoms with Gasteiger partial charge in [0.2, 0.25) is 0 Å². The standard InChI is InChI=1S/C15H18N2O5/c1-10-7-14(17-22-10)15(19)16-8-11(18)9-21-13-5-3-12(20-2)4-6-13/h3-7,11,18H,8-9H2,1-2H3,(H,16,19)/t11-/m0/s1. The largest absolute Gasteiger partial charge is 0.497 e. The zero-order valence-electron chi connectivity index (χ0n) is 12.4. The number of nitrogens with zero attached hydrogens (tertiary/aromatic N) is 1. The van der Waals surface area contributed by atoms with Gasteiger partial charge in [0.1, 0.15) is 30.0 Å². The molecule has 2 N–H and O–H groups in total. The first kappa shape index (κ1) is 15.8. The van der Waals surface area contributed by atoms with Crippen molar-refractivity contribution in [3.05, 3.63) is 41.8 Å². The summed E-state index contributed by atoms with van der Waals surface area (Å²) in [5, 5.41) is 16.0. The first-order valence-corrected chi connectivity index (χ1v) is 6.75. The molecule has 1 amide bonds. The molecule has 0 spiro atoms. The van der Waals surface area contributed by atoms with Crippen molar-refractivity contribution in [1.82, 2.24) is 10.5 Å². The molecule has 7 heteroatoms. The van der Waals surface area contributed by atoms with Gasteiger partial charge < -0.3 is 24.4 Å². The number of benzene rings is 1. The maximum Gasteiger partial charge on any atom is 0.273 e. The number of aliphatic hydroxyl groups is 1. The van der Waals surface area contributed by atoms with E-state index >= 15 is 0 Å². The summed E-state index contributed by atoms with van der Waals surface area (Å²) in [7, 11) is 1.58. The van der Waals surface area contributed by atoms with E-state index in [1.807, 2.05) is 0 Å². The molecule has 1 heterocycles. The van der Waals surface area contributed by atoms with Gasteiger partial charge in [0, 0.05) is 12.6 Å². The molecule has 0 aliphatic carbocycles. The zero-order valence-corrected chi connectivity index (χ0v) is 12.4. The predicted octanol–water partition coefficient (Wildman–Crippen LogP) is 1.16. The van der Waals surface area contributed by atoms with E-state index < -0.39 is 12.0 Å². The zero-order chi connectivity index (χ0) is 15.9. The van der Waals surface area contributed by atoms with E-state index in [1.54, 1.807) is 38.3 Å². The summed E-state index contributed by atoms with van der Waals surface area (Å²) in [6, 6.07) is 8.52. The second-order valence-corrected chi connectivity index (χ2v) is 4.67. The van der Waals surface area contributed by atoms with Gasteiger partial charge in [-0.15, -0.1) is 0 Å². The summed E-state index contributed by atoms with van der Waals surface area (Å²) >= 11 is 0. The number of ether oxygens (including phenoxy) is 2. The van der Waals surface area contributed by atoms with Crippen molar-refractivity contribution in [1.29, 1.82) is 0 Å². The first-order valence-electron chi connectivity index (χ1n) is 6.75. The maximum atomic E-state index is 11.7. The number of rotatable bonds is 7. The van der Waals surface area contributed by atoms with Crippen LogP contribution in [0.15, 0.2) is 34.9 Å². The highest BCUT2D eigenvalue weighted by Crippen LogP contribution is 2.17. The van der Waals surface area contributed by atoms with Crippen LogP contribution in [0.25, 0.3) is 0 Å². The van der Waals surface area contributed by atoms with E-state index in [-0.39, 0.29) is 18.8 Å². The summed E-state index contributed by atoms with van der Waals surface area (Å²) in [4.78, 5) is 11.7. The Labute approximate surface area is 127 Å². The second-order valence-electron chi connectivity index (χ2n) is 4.67. The van der Waals surface area contributed by atoms with Crippen LogP contribution in [0.4, 0.5) is 0 Å². The number of aliphatic hydroxyl groups excluding tert-OH is 1. The van der Waals surface area contributed by atoms with E-state index in [0.29, 0.717) is 11.5 Å². The van der Waals surface area contributed by atoms with Crippen molar-refractivity contribution in [3.8, 4) is 11.5 Å². The molecule has 22 heavy (non-hydrogen) atoms. The second kappa shape index (κ2) is 7.46. The van der Waals surface area contributed by atoms with Crippen LogP contribution in [0.2, 0.25) is 0 Å². The molecule has 1 aromatic heterocycles. The lowest BCUT2D eigenvalue weighted by Gasteiger charge is -2.13. The fourth-order valence-corrected chi connectivity index (χ4v) is 1.70. The number of nitrogens with one attached hydrogen (secondary N) is 1. The van der Waals surface area contributed by atoms with Gasteiger partial charge in [-0.05, 0) is 31.2 Å². The lowest BCUT2D eigenvalue weighted by atomic mass is 10.3. The molecule has 1 atom stereocenters. The lowest BCUT2D eigenvalue weighted by Crippen LogP contribution is -2.35. The van der Waals surface area contributed by atoms with E-state index in [9.17, 15) is 9.90 Å². The maximum absolute atomic E-state index is 11.7. The smallest absolute Gasteiger partial charge is 0.273 e. The van der Waals surface area contributed by atoms with Crippen molar-refractivity contribution in [2.24, 2.45) is 0 Å². The number of carbonyl (C=O) groups is 1. The molecular weight excluding hydrogens is 288 g/mol. The topological polar surface area (TPSA) is 93.8 Å². The van der Waals surface area contributed by atoms with Crippen LogP contribution in [0, 0.1) is 6.92 Å². The Morgan fingerprint density at radius 1 is 1.36 bits per heavy atom. The van der Waals surface area contributed by atoms with Crippen molar-refractivity contribution in [2.45, 2.75) is 13.0 Å². The van der Waals surface area contributed by atoms with Crippen molar-refractivity contribution in [3.63, 3.8) is 0 Å². The van der Waals surface area contributed by atoms with Gasteiger partial charge in [-0.25, -0.2) is 0 Å². The molecule has 0 aliphatic heterocycles. The Morgan fingerprint density at radius 3 is 2.64 bits per heavy atom. The molecule has 2 aromatic rings. The molecule has 0 saturated heterocycles. The van der Waals surface area contributed by atoms with E-state index in [1.165, 1.54) is 6.07 Å². The van der Waals surface area contributed by atoms with Crippen LogP contribution in [0.5, 0.6) is 11.5 Å². The minimum absolute atomic E-state index is 0.0564. The molecule has 1 aromatic carbocycles. The van der Waals surface area contributed by atoms with Gasteiger partial charge in [0.15, 0.2) is 5.69 Å². The quantitative estimate of drug-likeness (QED) is 0.797. The monoisotopic (exact) mass is 306 g/mol. The Morgan fingerprint density at radius 2 is 2.05 bits per heavy atom. The predicted molar refractivity (Wildman–Crippen MR) is 78.1 cm³/mol. The Bertz CT molecular complexity index is 609. The molecule has 0 bridgehead atoms. The van der Waals surface area contributed by atoms with Gasteiger partial charge in [0.05, 0.1) is 7.11 Å². The van der Waals surface area contributed by atoms with Crippen molar-refractivity contribution >= 4 is 5.91 Å². The number of hydrogen-bond acceptors (Lipinski definition) is 6. The molecule has 0 saturated carbocycles. The third kappa shape index (κ3) is 4.49. The van der Waals surface area contributed by atoms with Crippen LogP contribution >= 0.6 is 0 Å². The SMILES string of the molecule is COc1ccc(OC[C@@H](O)CNC(=O)c2cc(C)on2)cc1. The number of carbonyl (C=O) groups excluding carboxylic acids is 1. The normalized spacial score (nSPS) is 11.8. The molecule has 0 aliphatic rings. The third-order valence-electron chi connectivity index (χ3n) is 2.86. The molecular formula is C15H18N2O5. The van der Waals surface area contributed by atoms with E-state index in [0.717, 1.165) is 5.75 Å². The molecule has 0 unspecified atom stereocenters. The molecule has 0 fully saturated rings. The van der Waals surface area contributed by atoms with Gasteiger partial charge in [0.25, 0.3) is 5.91 Å². The minimum atomic E-state index is -0.834. The highest BCUT2D eigenvalue weighted by molar-refractivity contribution is 5.92. The number of methoxy groups -OCH3 is 1. The molecule has 118 valence electrons. The Hall–Kier alpha value is -2.54. The first-order chi connectivity index (χ1) is 10.6. The summed E-state index contributed by atoms with van der Waals surface area (Å²) in [5.41, 5.74) is 0.181. The Kier molecular flexibility index (Phi) is 5.37. The van der Waals surface area contributed by atoms with Crippen LogP contribution in [0.3, 0.4) is 0 Å².